The summed E-state index contributed by atoms with van der Waals surface area (Å²) in [4.78, 5) is 23.7. The summed E-state index contributed by atoms with van der Waals surface area (Å²) in [7, 11) is 0. The number of ether oxygens (including phenoxy) is 2. The average molecular weight is 380 g/mol. The normalized spacial score (nSPS) is 11.0. The molecule has 5 heteroatoms. The summed E-state index contributed by atoms with van der Waals surface area (Å²) >= 11 is 0. The number of rotatable bonds is 7. The second kappa shape index (κ2) is 8.74. The van der Waals surface area contributed by atoms with Gasteiger partial charge in [0.05, 0.1) is 6.10 Å². The maximum Gasteiger partial charge on any atom is 0.336 e. The summed E-state index contributed by atoms with van der Waals surface area (Å²) in [6.07, 6.45) is 0.584. The van der Waals surface area contributed by atoms with Crippen molar-refractivity contribution in [3.63, 3.8) is 0 Å². The lowest BCUT2D eigenvalue weighted by Crippen LogP contribution is -2.12. The van der Waals surface area contributed by atoms with Crippen LogP contribution in [0.15, 0.2) is 57.7 Å². The molecular formula is C23H24O5. The number of benzene rings is 2. The zero-order valence-corrected chi connectivity index (χ0v) is 16.4. The van der Waals surface area contributed by atoms with E-state index in [9.17, 15) is 9.59 Å². The third-order valence-electron chi connectivity index (χ3n) is 4.34. The highest BCUT2D eigenvalue weighted by Crippen LogP contribution is 2.29. The maximum atomic E-state index is 12.0. The van der Waals surface area contributed by atoms with Crippen molar-refractivity contribution < 1.29 is 18.7 Å². The molecule has 5 nitrogen and oxygen atoms in total. The zero-order chi connectivity index (χ0) is 20.1. The molecule has 28 heavy (non-hydrogen) atoms. The summed E-state index contributed by atoms with van der Waals surface area (Å²) < 4.78 is 16.6. The van der Waals surface area contributed by atoms with E-state index in [0.717, 1.165) is 22.1 Å². The van der Waals surface area contributed by atoms with Crippen molar-refractivity contribution in [3.05, 3.63) is 75.6 Å². The molecule has 0 amide bonds. The highest BCUT2D eigenvalue weighted by atomic mass is 16.5. The molecule has 1 aromatic heterocycles. The first-order valence-electron chi connectivity index (χ1n) is 9.36. The van der Waals surface area contributed by atoms with Crippen LogP contribution in [0.25, 0.3) is 11.0 Å². The minimum absolute atomic E-state index is 0.144. The van der Waals surface area contributed by atoms with Crippen molar-refractivity contribution in [1.82, 2.24) is 0 Å². The number of hydrogen-bond donors (Lipinski definition) is 0. The minimum Gasteiger partial charge on any atom is -0.488 e. The van der Waals surface area contributed by atoms with Crippen LogP contribution < -0.4 is 10.4 Å². The van der Waals surface area contributed by atoms with Gasteiger partial charge in [-0.2, -0.15) is 0 Å². The maximum absolute atomic E-state index is 12.0. The van der Waals surface area contributed by atoms with Crippen LogP contribution in [0.3, 0.4) is 0 Å². The minimum atomic E-state index is -0.396. The quantitative estimate of drug-likeness (QED) is 0.444. The van der Waals surface area contributed by atoms with Gasteiger partial charge in [-0.15, -0.1) is 0 Å². The molecule has 0 saturated carbocycles. The molecule has 1 heterocycles. The van der Waals surface area contributed by atoms with Crippen LogP contribution in [0, 0.1) is 6.92 Å². The van der Waals surface area contributed by atoms with Gasteiger partial charge >= 0.3 is 11.6 Å². The molecule has 0 atom stereocenters. The summed E-state index contributed by atoms with van der Waals surface area (Å²) in [6.45, 7) is 5.90. The van der Waals surface area contributed by atoms with E-state index in [2.05, 4.69) is 0 Å². The van der Waals surface area contributed by atoms with Crippen LogP contribution in [0.4, 0.5) is 0 Å². The predicted octanol–water partition coefficient (Wildman–Crippen LogP) is 4.56. The Kier molecular flexibility index (Phi) is 6.14. The van der Waals surface area contributed by atoms with E-state index in [0.29, 0.717) is 24.4 Å². The Morgan fingerprint density at radius 1 is 1.11 bits per heavy atom. The van der Waals surface area contributed by atoms with Crippen molar-refractivity contribution in [2.75, 3.05) is 0 Å². The first-order valence-corrected chi connectivity index (χ1v) is 9.36. The van der Waals surface area contributed by atoms with Gasteiger partial charge in [-0.05, 0) is 49.9 Å². The lowest BCUT2D eigenvalue weighted by atomic mass is 10.0. The molecule has 0 aliphatic heterocycles. The number of esters is 1. The molecule has 146 valence electrons. The summed E-state index contributed by atoms with van der Waals surface area (Å²) in [5, 5.41) is 0.832. The Morgan fingerprint density at radius 2 is 1.86 bits per heavy atom. The standard InChI is InChI=1S/C23H24O5/c1-15(2)27-22(24)10-9-18-12-19-16(3)11-23(25)28-21(19)13-20(18)26-14-17-7-5-4-6-8-17/h4-8,11-13,15H,9-10,14H2,1-3H3. The van der Waals surface area contributed by atoms with Gasteiger partial charge in [0, 0.05) is 23.9 Å². The Bertz CT molecular complexity index is 1020. The van der Waals surface area contributed by atoms with Crippen molar-refractivity contribution in [3.8, 4) is 5.75 Å². The van der Waals surface area contributed by atoms with Gasteiger partial charge in [0.2, 0.25) is 0 Å². The Morgan fingerprint density at radius 3 is 2.57 bits per heavy atom. The van der Waals surface area contributed by atoms with Gasteiger partial charge in [0.1, 0.15) is 17.9 Å². The molecule has 0 aliphatic rings. The van der Waals surface area contributed by atoms with E-state index >= 15 is 0 Å². The van der Waals surface area contributed by atoms with Crippen molar-refractivity contribution >= 4 is 16.9 Å². The summed E-state index contributed by atoms with van der Waals surface area (Å²) in [5.74, 6) is 0.350. The highest BCUT2D eigenvalue weighted by molar-refractivity contribution is 5.83. The third-order valence-corrected chi connectivity index (χ3v) is 4.34. The van der Waals surface area contributed by atoms with Crippen LogP contribution in [0.1, 0.15) is 37.0 Å². The molecule has 0 N–H and O–H groups in total. The van der Waals surface area contributed by atoms with E-state index < -0.39 is 5.63 Å². The first-order chi connectivity index (χ1) is 13.4. The molecule has 3 rings (SSSR count). The number of carbonyl (C=O) groups excluding carboxylic acids is 1. The molecule has 3 aromatic rings. The number of aryl methyl sites for hydroxylation is 2. The van der Waals surface area contributed by atoms with Gasteiger partial charge in [-0.25, -0.2) is 4.79 Å². The van der Waals surface area contributed by atoms with Crippen LogP contribution in [0.2, 0.25) is 0 Å². The second-order valence-electron chi connectivity index (χ2n) is 7.02. The lowest BCUT2D eigenvalue weighted by molar-refractivity contribution is -0.147. The van der Waals surface area contributed by atoms with E-state index in [4.69, 9.17) is 13.9 Å². The molecule has 0 fully saturated rings. The predicted molar refractivity (Wildman–Crippen MR) is 108 cm³/mol. The monoisotopic (exact) mass is 380 g/mol. The average Bonchev–Trinajstić information content (AvgIpc) is 2.65. The second-order valence-corrected chi connectivity index (χ2v) is 7.02. The van der Waals surface area contributed by atoms with Gasteiger partial charge in [-0.1, -0.05) is 30.3 Å². The summed E-state index contributed by atoms with van der Waals surface area (Å²) in [5.41, 5.74) is 2.81. The van der Waals surface area contributed by atoms with E-state index in [-0.39, 0.29) is 18.5 Å². The van der Waals surface area contributed by atoms with Gasteiger partial charge < -0.3 is 13.9 Å². The number of hydrogen-bond acceptors (Lipinski definition) is 5. The number of fused-ring (bicyclic) bond motifs is 1. The van der Waals surface area contributed by atoms with E-state index in [1.165, 1.54) is 6.07 Å². The lowest BCUT2D eigenvalue weighted by Gasteiger charge is -2.14. The zero-order valence-electron chi connectivity index (χ0n) is 16.4. The molecule has 0 unspecified atom stereocenters. The largest absolute Gasteiger partial charge is 0.488 e. The molecule has 0 bridgehead atoms. The van der Waals surface area contributed by atoms with Crippen LogP contribution in [0.5, 0.6) is 5.75 Å². The topological polar surface area (TPSA) is 65.7 Å². The fraction of sp³-hybridized carbons (Fsp3) is 0.304. The van der Waals surface area contributed by atoms with Crippen molar-refractivity contribution in [2.45, 2.75) is 46.3 Å². The highest BCUT2D eigenvalue weighted by Gasteiger charge is 2.14. The summed E-state index contributed by atoms with van der Waals surface area (Å²) in [6, 6.07) is 14.9. The van der Waals surface area contributed by atoms with Crippen LogP contribution in [-0.4, -0.2) is 12.1 Å². The Labute approximate surface area is 163 Å². The van der Waals surface area contributed by atoms with Gasteiger partial charge in [0.15, 0.2) is 0 Å². The van der Waals surface area contributed by atoms with Crippen molar-refractivity contribution in [1.29, 1.82) is 0 Å². The molecule has 0 spiro atoms. The molecule has 0 aliphatic carbocycles. The van der Waals surface area contributed by atoms with E-state index in [1.807, 2.05) is 57.2 Å². The molecule has 0 saturated heterocycles. The van der Waals surface area contributed by atoms with Crippen LogP contribution in [-0.2, 0) is 22.6 Å². The molecular weight excluding hydrogens is 356 g/mol. The smallest absolute Gasteiger partial charge is 0.336 e. The number of carbonyl (C=O) groups is 1. The fourth-order valence-electron chi connectivity index (χ4n) is 3.01. The SMILES string of the molecule is Cc1cc(=O)oc2cc(OCc3ccccc3)c(CCC(=O)OC(C)C)cc12. The Hall–Kier alpha value is -3.08. The van der Waals surface area contributed by atoms with Gasteiger partial charge in [-0.3, -0.25) is 4.79 Å². The molecule has 2 aromatic carbocycles. The van der Waals surface area contributed by atoms with Gasteiger partial charge in [0.25, 0.3) is 0 Å². The Balaban J connectivity index is 1.90. The third kappa shape index (κ3) is 5.00. The van der Waals surface area contributed by atoms with E-state index in [1.54, 1.807) is 6.07 Å². The van der Waals surface area contributed by atoms with Crippen LogP contribution >= 0.6 is 0 Å². The fourth-order valence-corrected chi connectivity index (χ4v) is 3.01. The van der Waals surface area contributed by atoms with Crippen molar-refractivity contribution in [2.24, 2.45) is 0 Å². The first kappa shape index (κ1) is 19.7. The molecule has 0 radical (unpaired) electrons.